The molecule has 0 saturated carbocycles. The van der Waals surface area contributed by atoms with Crippen LogP contribution < -0.4 is 5.63 Å². The van der Waals surface area contributed by atoms with E-state index in [1.54, 1.807) is 6.07 Å². The smallest absolute Gasteiger partial charge is 0.340 e. The zero-order valence-electron chi connectivity index (χ0n) is 20.2. The largest absolute Gasteiger partial charge is 0.461 e. The third kappa shape index (κ3) is 3.99. The summed E-state index contributed by atoms with van der Waals surface area (Å²) in [5.74, 6) is 1.35. The quantitative estimate of drug-likeness (QED) is 0.538. The molecule has 6 heteroatoms. The van der Waals surface area contributed by atoms with Crippen LogP contribution in [-0.2, 0) is 11.2 Å². The van der Waals surface area contributed by atoms with Crippen molar-refractivity contribution in [2.45, 2.75) is 65.3 Å². The van der Waals surface area contributed by atoms with E-state index in [0.717, 1.165) is 34.2 Å². The Balaban J connectivity index is 1.38. The average molecular weight is 451 g/mol. The maximum absolute atomic E-state index is 13.2. The third-order valence-electron chi connectivity index (χ3n) is 8.07. The summed E-state index contributed by atoms with van der Waals surface area (Å²) in [6, 6.07) is 4.40. The molecule has 0 spiro atoms. The number of aryl methyl sites for hydroxylation is 3. The van der Waals surface area contributed by atoms with Gasteiger partial charge in [-0.3, -0.25) is 4.79 Å². The predicted octanol–water partition coefficient (Wildman–Crippen LogP) is 4.73. The first-order chi connectivity index (χ1) is 15.8. The van der Waals surface area contributed by atoms with Gasteiger partial charge in [-0.05, 0) is 82.7 Å². The lowest BCUT2D eigenvalue weighted by molar-refractivity contribution is -0.130. The van der Waals surface area contributed by atoms with Crippen LogP contribution in [0.4, 0.5) is 0 Å². The molecule has 0 aliphatic carbocycles. The van der Waals surface area contributed by atoms with Gasteiger partial charge in [0.05, 0.1) is 12.0 Å². The molecule has 0 N–H and O–H groups in total. The second kappa shape index (κ2) is 8.64. The molecule has 4 heterocycles. The summed E-state index contributed by atoms with van der Waals surface area (Å²) >= 11 is 0. The second-order valence-corrected chi connectivity index (χ2v) is 10.1. The predicted molar refractivity (Wildman–Crippen MR) is 130 cm³/mol. The van der Waals surface area contributed by atoms with E-state index >= 15 is 0 Å². The van der Waals surface area contributed by atoms with Crippen molar-refractivity contribution >= 4 is 27.8 Å². The molecule has 33 heavy (non-hydrogen) atoms. The Bertz CT molecular complexity index is 1270. The van der Waals surface area contributed by atoms with Gasteiger partial charge < -0.3 is 18.6 Å². The van der Waals surface area contributed by atoms with Crippen LogP contribution in [0.25, 0.3) is 21.9 Å². The van der Waals surface area contributed by atoms with Gasteiger partial charge in [-0.25, -0.2) is 4.79 Å². The van der Waals surface area contributed by atoms with Crippen LogP contribution in [0.1, 0.15) is 54.6 Å². The SMILES string of the molecule is Cc1oc2cc3oc(=O)c(CC(=O)N(C)CC4CCCN5CCCCC45)c(C)c3cc2c1C. The molecule has 2 atom stereocenters. The van der Waals surface area contributed by atoms with Crippen molar-refractivity contribution in [2.24, 2.45) is 5.92 Å². The van der Waals surface area contributed by atoms with E-state index in [1.807, 2.05) is 38.8 Å². The van der Waals surface area contributed by atoms with E-state index in [-0.39, 0.29) is 12.3 Å². The number of amides is 1. The van der Waals surface area contributed by atoms with Crippen molar-refractivity contribution in [1.29, 1.82) is 0 Å². The molecule has 2 unspecified atom stereocenters. The van der Waals surface area contributed by atoms with Crippen molar-refractivity contribution in [3.05, 3.63) is 45.0 Å². The van der Waals surface area contributed by atoms with Gasteiger partial charge >= 0.3 is 5.63 Å². The van der Waals surface area contributed by atoms with Crippen LogP contribution in [0, 0.1) is 26.7 Å². The summed E-state index contributed by atoms with van der Waals surface area (Å²) in [7, 11) is 1.88. The van der Waals surface area contributed by atoms with Crippen molar-refractivity contribution in [1.82, 2.24) is 9.80 Å². The first-order valence-electron chi connectivity index (χ1n) is 12.3. The Morgan fingerprint density at radius 1 is 1.00 bits per heavy atom. The number of fused-ring (bicyclic) bond motifs is 3. The first-order valence-corrected chi connectivity index (χ1v) is 12.3. The minimum absolute atomic E-state index is 0.0194. The zero-order chi connectivity index (χ0) is 23.3. The number of piperidine rings is 2. The Kier molecular flexibility index (Phi) is 5.81. The van der Waals surface area contributed by atoms with Gasteiger partial charge in [0.15, 0.2) is 0 Å². The molecule has 6 nitrogen and oxygen atoms in total. The summed E-state index contributed by atoms with van der Waals surface area (Å²) < 4.78 is 11.4. The normalized spacial score (nSPS) is 21.5. The molecule has 5 rings (SSSR count). The van der Waals surface area contributed by atoms with Gasteiger partial charge in [-0.1, -0.05) is 6.42 Å². The molecule has 2 aliphatic rings. The highest BCUT2D eigenvalue weighted by Crippen LogP contribution is 2.32. The molecule has 2 aliphatic heterocycles. The van der Waals surface area contributed by atoms with Gasteiger partial charge in [0, 0.05) is 36.5 Å². The fraction of sp³-hybridized carbons (Fsp3) is 0.556. The summed E-state index contributed by atoms with van der Waals surface area (Å²) in [5, 5.41) is 1.88. The van der Waals surface area contributed by atoms with Crippen molar-refractivity contribution in [3.63, 3.8) is 0 Å². The van der Waals surface area contributed by atoms with E-state index < -0.39 is 5.63 Å². The molecule has 1 amide bonds. The van der Waals surface area contributed by atoms with Crippen LogP contribution >= 0.6 is 0 Å². The number of rotatable bonds is 4. The number of benzene rings is 1. The molecule has 2 aromatic heterocycles. The first kappa shape index (κ1) is 22.2. The summed E-state index contributed by atoms with van der Waals surface area (Å²) in [4.78, 5) is 30.5. The maximum atomic E-state index is 13.2. The monoisotopic (exact) mass is 450 g/mol. The molecule has 2 saturated heterocycles. The number of hydrogen-bond acceptors (Lipinski definition) is 5. The van der Waals surface area contributed by atoms with E-state index in [4.69, 9.17) is 8.83 Å². The number of carbonyl (C=O) groups is 1. The van der Waals surface area contributed by atoms with Gasteiger partial charge in [0.25, 0.3) is 0 Å². The highest BCUT2D eigenvalue weighted by Gasteiger charge is 2.34. The molecule has 0 radical (unpaired) electrons. The van der Waals surface area contributed by atoms with Crippen LogP contribution in [0.2, 0.25) is 0 Å². The van der Waals surface area contributed by atoms with Crippen LogP contribution in [0.15, 0.2) is 25.8 Å². The minimum Gasteiger partial charge on any atom is -0.461 e. The minimum atomic E-state index is -0.433. The molecule has 1 aromatic carbocycles. The van der Waals surface area contributed by atoms with Gasteiger partial charge in [-0.15, -0.1) is 0 Å². The standard InChI is InChI=1S/C27H34N2O4/c1-16-18(3)32-24-14-25-21(12-20(16)24)17(2)22(27(31)33-25)13-26(30)28(4)15-19-8-7-11-29-10-6-5-9-23(19)29/h12,14,19,23H,5-11,13,15H2,1-4H3. The lowest BCUT2D eigenvalue weighted by atomic mass is 9.83. The summed E-state index contributed by atoms with van der Waals surface area (Å²) in [5.41, 5.74) is 3.14. The number of nitrogens with zero attached hydrogens (tertiary/aromatic N) is 2. The van der Waals surface area contributed by atoms with Crippen molar-refractivity contribution in [3.8, 4) is 0 Å². The maximum Gasteiger partial charge on any atom is 0.340 e. The van der Waals surface area contributed by atoms with Gasteiger partial charge in [0.2, 0.25) is 5.91 Å². The summed E-state index contributed by atoms with van der Waals surface area (Å²) in [6.07, 6.45) is 6.27. The number of hydrogen-bond donors (Lipinski definition) is 0. The number of carbonyl (C=O) groups excluding carboxylic acids is 1. The molecule has 2 fully saturated rings. The lowest BCUT2D eigenvalue weighted by Crippen LogP contribution is -2.51. The van der Waals surface area contributed by atoms with E-state index in [9.17, 15) is 9.59 Å². The number of likely N-dealkylation sites (N-methyl/N-ethyl adjacent to an activating group) is 1. The highest BCUT2D eigenvalue weighted by atomic mass is 16.4. The van der Waals surface area contributed by atoms with E-state index in [2.05, 4.69) is 4.90 Å². The fourth-order valence-electron chi connectivity index (χ4n) is 5.96. The third-order valence-corrected chi connectivity index (χ3v) is 8.07. The van der Waals surface area contributed by atoms with Crippen LogP contribution in [0.5, 0.6) is 0 Å². The van der Waals surface area contributed by atoms with E-state index in [0.29, 0.717) is 28.7 Å². The zero-order valence-corrected chi connectivity index (χ0v) is 20.2. The van der Waals surface area contributed by atoms with Gasteiger partial charge in [0.1, 0.15) is 16.9 Å². The van der Waals surface area contributed by atoms with Gasteiger partial charge in [-0.2, -0.15) is 0 Å². The molecule has 0 bridgehead atoms. The molecular weight excluding hydrogens is 416 g/mol. The second-order valence-electron chi connectivity index (χ2n) is 10.1. The van der Waals surface area contributed by atoms with Crippen LogP contribution in [0.3, 0.4) is 0 Å². The molecular formula is C27H34N2O4. The molecule has 176 valence electrons. The highest BCUT2D eigenvalue weighted by molar-refractivity contribution is 5.97. The van der Waals surface area contributed by atoms with Crippen molar-refractivity contribution < 1.29 is 13.6 Å². The Hall–Kier alpha value is -2.60. The Morgan fingerprint density at radius 3 is 2.55 bits per heavy atom. The molecule has 3 aromatic rings. The average Bonchev–Trinajstić information content (AvgIpc) is 3.08. The topological polar surface area (TPSA) is 66.9 Å². The number of furan rings is 1. The summed E-state index contributed by atoms with van der Waals surface area (Å²) in [6.45, 7) is 9.02. The Morgan fingerprint density at radius 2 is 1.73 bits per heavy atom. The van der Waals surface area contributed by atoms with E-state index in [1.165, 1.54) is 45.2 Å². The van der Waals surface area contributed by atoms with Crippen LogP contribution in [-0.4, -0.2) is 48.4 Å². The fourth-order valence-corrected chi connectivity index (χ4v) is 5.96. The van der Waals surface area contributed by atoms with Crippen molar-refractivity contribution in [2.75, 3.05) is 26.7 Å². The lowest BCUT2D eigenvalue weighted by Gasteiger charge is -2.45. The Labute approximate surface area is 194 Å².